The van der Waals surface area contributed by atoms with Gasteiger partial charge in [-0.25, -0.2) is 14.8 Å². The molecule has 1 aromatic carbocycles. The van der Waals surface area contributed by atoms with E-state index >= 15 is 0 Å². The molecule has 0 saturated carbocycles. The minimum absolute atomic E-state index is 0.0473. The molecule has 0 aliphatic carbocycles. The third-order valence-electron chi connectivity index (χ3n) is 5.10. The second-order valence-corrected chi connectivity index (χ2v) is 6.52. The zero-order valence-electron chi connectivity index (χ0n) is 17.8. The van der Waals surface area contributed by atoms with Gasteiger partial charge in [0.1, 0.15) is 19.2 Å². The largest absolute Gasteiger partial charge is 0.464 e. The van der Waals surface area contributed by atoms with E-state index < -0.39 is 5.97 Å². The fourth-order valence-corrected chi connectivity index (χ4v) is 3.09. The predicted octanol–water partition coefficient (Wildman–Crippen LogP) is 3.90. The molecule has 0 amide bonds. The summed E-state index contributed by atoms with van der Waals surface area (Å²) in [5.74, 6) is 0.345. The number of hydrogen-bond donors (Lipinski definition) is 0. The molecule has 0 aliphatic heterocycles. The lowest BCUT2D eigenvalue weighted by atomic mass is 9.91. The first-order chi connectivity index (χ1) is 13.3. The molecule has 0 N–H and O–H groups in total. The Kier molecular flexibility index (Phi) is 6.72. The molecule has 7 nitrogen and oxygen atoms in total. The molecule has 0 saturated heterocycles. The van der Waals surface area contributed by atoms with E-state index in [1.807, 2.05) is 41.5 Å². The minimum atomic E-state index is -0.605. The Morgan fingerprint density at radius 1 is 0.964 bits per heavy atom. The fourth-order valence-electron chi connectivity index (χ4n) is 3.09. The lowest BCUT2D eigenvalue weighted by molar-refractivity contribution is -0.132. The van der Waals surface area contributed by atoms with Crippen LogP contribution in [-0.4, -0.2) is 35.9 Å². The third kappa shape index (κ3) is 3.83. The first-order valence-electron chi connectivity index (χ1n) is 9.06. The van der Waals surface area contributed by atoms with Crippen LogP contribution in [0.15, 0.2) is 11.5 Å². The summed E-state index contributed by atoms with van der Waals surface area (Å²) in [4.78, 5) is 25.9. The van der Waals surface area contributed by atoms with E-state index in [-0.39, 0.29) is 5.71 Å². The number of methoxy groups -OCH3 is 1. The highest BCUT2D eigenvalue weighted by Crippen LogP contribution is 2.37. The average molecular weight is 385 g/mol. The Labute approximate surface area is 165 Å². The van der Waals surface area contributed by atoms with Crippen molar-refractivity contribution >= 4 is 11.7 Å². The number of aromatic nitrogens is 2. The summed E-state index contributed by atoms with van der Waals surface area (Å²) in [6.45, 7) is 11.8. The van der Waals surface area contributed by atoms with Crippen molar-refractivity contribution in [2.75, 3.05) is 14.2 Å². The highest BCUT2D eigenvalue weighted by atomic mass is 16.6. The van der Waals surface area contributed by atoms with Gasteiger partial charge in [0.2, 0.25) is 5.88 Å². The van der Waals surface area contributed by atoms with Crippen LogP contribution in [0.2, 0.25) is 0 Å². The summed E-state index contributed by atoms with van der Waals surface area (Å²) in [5.41, 5.74) is 6.21. The van der Waals surface area contributed by atoms with E-state index in [1.165, 1.54) is 20.5 Å². The van der Waals surface area contributed by atoms with Crippen LogP contribution in [0.1, 0.15) is 46.0 Å². The molecule has 0 spiro atoms. The van der Waals surface area contributed by atoms with Crippen molar-refractivity contribution < 1.29 is 19.1 Å². The number of esters is 1. The maximum Gasteiger partial charge on any atom is 0.360 e. The molecule has 0 radical (unpaired) electrons. The first kappa shape index (κ1) is 21.3. The summed E-state index contributed by atoms with van der Waals surface area (Å²) < 4.78 is 11.2. The van der Waals surface area contributed by atoms with E-state index in [0.717, 1.165) is 39.9 Å². The Bertz CT molecular complexity index is 936. The predicted molar refractivity (Wildman–Crippen MR) is 107 cm³/mol. The van der Waals surface area contributed by atoms with E-state index in [0.29, 0.717) is 17.2 Å². The summed E-state index contributed by atoms with van der Waals surface area (Å²) in [7, 11) is 2.69. The van der Waals surface area contributed by atoms with Crippen LogP contribution in [0.3, 0.4) is 0 Å². The Morgan fingerprint density at radius 2 is 1.61 bits per heavy atom. The van der Waals surface area contributed by atoms with Crippen LogP contribution in [0.25, 0.3) is 0 Å². The van der Waals surface area contributed by atoms with Gasteiger partial charge in [-0.2, -0.15) is 0 Å². The van der Waals surface area contributed by atoms with Gasteiger partial charge in [-0.3, -0.25) is 0 Å². The number of rotatable bonds is 6. The number of benzene rings is 1. The van der Waals surface area contributed by atoms with Crippen molar-refractivity contribution in [2.24, 2.45) is 5.16 Å². The van der Waals surface area contributed by atoms with E-state index in [2.05, 4.69) is 15.1 Å². The molecule has 28 heavy (non-hydrogen) atoms. The van der Waals surface area contributed by atoms with Gasteiger partial charge in [0, 0.05) is 5.56 Å². The maximum absolute atomic E-state index is 12.4. The van der Waals surface area contributed by atoms with Crippen molar-refractivity contribution in [3.8, 4) is 11.6 Å². The number of aryl methyl sites for hydroxylation is 1. The third-order valence-corrected chi connectivity index (χ3v) is 5.10. The second-order valence-electron chi connectivity index (χ2n) is 6.52. The highest BCUT2D eigenvalue weighted by Gasteiger charge is 2.27. The Balaban J connectivity index is 2.80. The van der Waals surface area contributed by atoms with E-state index in [9.17, 15) is 4.79 Å². The monoisotopic (exact) mass is 385 g/mol. The molecular weight excluding hydrogens is 358 g/mol. The molecule has 0 unspecified atom stereocenters. The van der Waals surface area contributed by atoms with Gasteiger partial charge in [-0.1, -0.05) is 12.1 Å². The minimum Gasteiger partial charge on any atom is -0.464 e. The number of carbonyl (C=O) groups excluding carboxylic acids is 1. The number of hydrogen-bond acceptors (Lipinski definition) is 7. The number of oxime groups is 1. The smallest absolute Gasteiger partial charge is 0.360 e. The summed E-state index contributed by atoms with van der Waals surface area (Å²) in [5, 5.41) is 3.93. The van der Waals surface area contributed by atoms with Crippen LogP contribution in [0.4, 0.5) is 0 Å². The van der Waals surface area contributed by atoms with Crippen molar-refractivity contribution in [1.29, 1.82) is 0 Å². The molecule has 0 fully saturated rings. The molecule has 0 bridgehead atoms. The quantitative estimate of drug-likeness (QED) is 0.426. The fraction of sp³-hybridized carbons (Fsp3) is 0.429. The summed E-state index contributed by atoms with van der Waals surface area (Å²) in [6, 6.07) is 0. The van der Waals surface area contributed by atoms with Gasteiger partial charge in [0.15, 0.2) is 5.71 Å². The van der Waals surface area contributed by atoms with Crippen molar-refractivity contribution in [1.82, 2.24) is 9.97 Å². The van der Waals surface area contributed by atoms with E-state index in [1.54, 1.807) is 0 Å². The van der Waals surface area contributed by atoms with Gasteiger partial charge >= 0.3 is 5.97 Å². The highest BCUT2D eigenvalue weighted by molar-refractivity contribution is 6.44. The van der Waals surface area contributed by atoms with Gasteiger partial charge in [0.25, 0.3) is 0 Å². The Hall–Kier alpha value is -2.96. The molecule has 7 heteroatoms. The van der Waals surface area contributed by atoms with Crippen molar-refractivity contribution in [3.05, 3.63) is 45.4 Å². The molecule has 2 rings (SSSR count). The van der Waals surface area contributed by atoms with Gasteiger partial charge in [-0.05, 0) is 63.3 Å². The lowest BCUT2D eigenvalue weighted by Crippen LogP contribution is -2.21. The van der Waals surface area contributed by atoms with Gasteiger partial charge in [-0.15, -0.1) is 0 Å². The van der Waals surface area contributed by atoms with E-state index in [4.69, 9.17) is 14.3 Å². The van der Waals surface area contributed by atoms with Crippen LogP contribution < -0.4 is 4.74 Å². The number of carbonyl (C=O) groups is 1. The first-order valence-corrected chi connectivity index (χ1v) is 9.06. The average Bonchev–Trinajstić information content (AvgIpc) is 2.70. The number of nitrogens with zero attached hydrogens (tertiary/aromatic N) is 3. The van der Waals surface area contributed by atoms with Gasteiger partial charge in [0.05, 0.1) is 18.4 Å². The van der Waals surface area contributed by atoms with Gasteiger partial charge < -0.3 is 14.3 Å². The zero-order chi connectivity index (χ0) is 21.0. The number of ether oxygens (including phenoxy) is 2. The van der Waals surface area contributed by atoms with Crippen LogP contribution >= 0.6 is 0 Å². The normalized spacial score (nSPS) is 11.4. The zero-order valence-corrected chi connectivity index (χ0v) is 17.8. The molecular formula is C21H27N3O4. The molecule has 0 aliphatic rings. The molecule has 1 heterocycles. The Morgan fingerprint density at radius 3 is 2.18 bits per heavy atom. The molecule has 2 aromatic rings. The van der Waals surface area contributed by atoms with Crippen molar-refractivity contribution in [2.45, 2.75) is 48.0 Å². The maximum atomic E-state index is 12.4. The molecule has 150 valence electrons. The second kappa shape index (κ2) is 8.82. The van der Waals surface area contributed by atoms with Crippen LogP contribution in [0.5, 0.6) is 11.6 Å². The van der Waals surface area contributed by atoms with Crippen LogP contribution in [0, 0.1) is 34.6 Å². The summed E-state index contributed by atoms with van der Waals surface area (Å²) >= 11 is 0. The molecule has 1 aromatic heterocycles. The lowest BCUT2D eigenvalue weighted by Gasteiger charge is -2.21. The van der Waals surface area contributed by atoms with Crippen LogP contribution in [-0.2, 0) is 20.8 Å². The molecule has 0 atom stereocenters. The summed E-state index contributed by atoms with van der Waals surface area (Å²) in [6.07, 6.45) is 2.25. The topological polar surface area (TPSA) is 82.9 Å². The SMILES string of the molecule is CCc1ncnc(Oc2c(C)c(C)c(C)c(C)c2/C(=N/OC)C(=O)OC)c1C. The standard InChI is InChI=1S/C21H27N3O4/c1-9-16-15(6)20(23-10-22-16)28-19-14(5)12(3)11(2)13(4)17(19)18(24-27-8)21(25)26-7/h10H,9H2,1-8H3/b24-18-. The van der Waals surface area contributed by atoms with Crippen molar-refractivity contribution in [3.63, 3.8) is 0 Å².